The Kier molecular flexibility index (Phi) is 3.76. The highest BCUT2D eigenvalue weighted by Gasteiger charge is 2.33. The summed E-state index contributed by atoms with van der Waals surface area (Å²) in [4.78, 5) is 3.97. The van der Waals surface area contributed by atoms with E-state index in [1.54, 1.807) is 0 Å². The van der Waals surface area contributed by atoms with Gasteiger partial charge in [-0.15, -0.1) is 11.3 Å². The summed E-state index contributed by atoms with van der Waals surface area (Å²) < 4.78 is 5.83. The molecular formula is C13H20N2OS. The molecule has 3 heterocycles. The molecule has 3 nitrogen and oxygen atoms in total. The maximum Gasteiger partial charge on any atom is 0.0707 e. The fraction of sp³-hybridized carbons (Fsp3) is 0.692. The fourth-order valence-electron chi connectivity index (χ4n) is 2.74. The molecule has 2 saturated heterocycles. The smallest absolute Gasteiger partial charge is 0.0707 e. The molecule has 3 rings (SSSR count). The predicted molar refractivity (Wildman–Crippen MR) is 70.4 cm³/mol. The lowest BCUT2D eigenvalue weighted by Gasteiger charge is -2.32. The molecule has 0 aliphatic carbocycles. The summed E-state index contributed by atoms with van der Waals surface area (Å²) in [6.07, 6.45) is 3.57. The fourth-order valence-corrected chi connectivity index (χ4v) is 3.42. The van der Waals surface area contributed by atoms with E-state index in [1.165, 1.54) is 17.7 Å². The summed E-state index contributed by atoms with van der Waals surface area (Å²) in [6, 6.07) is 4.30. The van der Waals surface area contributed by atoms with Crippen molar-refractivity contribution in [2.45, 2.75) is 31.6 Å². The number of likely N-dealkylation sites (tertiary alicyclic amines) is 1. The third-order valence-electron chi connectivity index (χ3n) is 3.60. The highest BCUT2D eigenvalue weighted by atomic mass is 32.1. The minimum absolute atomic E-state index is 0.519. The van der Waals surface area contributed by atoms with E-state index in [2.05, 4.69) is 27.7 Å². The second-order valence-electron chi connectivity index (χ2n) is 4.97. The maximum absolute atomic E-state index is 5.83. The molecule has 1 N–H and O–H groups in total. The molecule has 1 aromatic heterocycles. The molecule has 4 heteroatoms. The molecule has 94 valence electrons. The molecule has 0 amide bonds. The highest BCUT2D eigenvalue weighted by molar-refractivity contribution is 7.09. The minimum atomic E-state index is 0.519. The number of nitrogens with zero attached hydrogens (tertiary/aromatic N) is 1. The molecule has 0 spiro atoms. The van der Waals surface area contributed by atoms with Crippen LogP contribution in [0.4, 0.5) is 0 Å². The van der Waals surface area contributed by atoms with Gasteiger partial charge >= 0.3 is 0 Å². The average molecular weight is 252 g/mol. The zero-order chi connectivity index (χ0) is 11.5. The van der Waals surface area contributed by atoms with Crippen molar-refractivity contribution in [1.82, 2.24) is 10.2 Å². The molecule has 2 fully saturated rings. The van der Waals surface area contributed by atoms with E-state index in [0.717, 1.165) is 32.7 Å². The third-order valence-corrected chi connectivity index (χ3v) is 4.48. The number of nitrogens with one attached hydrogen (secondary N) is 1. The van der Waals surface area contributed by atoms with Crippen LogP contribution in [0, 0.1) is 0 Å². The van der Waals surface area contributed by atoms with Gasteiger partial charge in [0.2, 0.25) is 0 Å². The van der Waals surface area contributed by atoms with E-state index >= 15 is 0 Å². The first kappa shape index (κ1) is 11.7. The van der Waals surface area contributed by atoms with E-state index in [-0.39, 0.29) is 0 Å². The van der Waals surface area contributed by atoms with Crippen LogP contribution in [0.3, 0.4) is 0 Å². The monoisotopic (exact) mass is 252 g/mol. The van der Waals surface area contributed by atoms with Crippen molar-refractivity contribution in [3.63, 3.8) is 0 Å². The molecular weight excluding hydrogens is 232 g/mol. The van der Waals surface area contributed by atoms with Gasteiger partial charge in [0.05, 0.1) is 12.2 Å². The van der Waals surface area contributed by atoms with Gasteiger partial charge in [-0.05, 0) is 24.3 Å². The molecule has 2 unspecified atom stereocenters. The van der Waals surface area contributed by atoms with Gasteiger partial charge in [0.25, 0.3) is 0 Å². The van der Waals surface area contributed by atoms with Gasteiger partial charge in [-0.1, -0.05) is 6.07 Å². The molecule has 2 aliphatic heterocycles. The topological polar surface area (TPSA) is 24.5 Å². The zero-order valence-corrected chi connectivity index (χ0v) is 10.9. The standard InChI is InChI=1S/C13H20N2OS/c1-2-13(17-7-1)8-14-5-6-15-9-11-3-4-12(10-15)16-11/h1-2,7,11-12,14H,3-6,8-10H2. The van der Waals surface area contributed by atoms with E-state index in [9.17, 15) is 0 Å². The number of hydrogen-bond donors (Lipinski definition) is 1. The molecule has 17 heavy (non-hydrogen) atoms. The van der Waals surface area contributed by atoms with Crippen molar-refractivity contribution >= 4 is 11.3 Å². The third kappa shape index (κ3) is 3.07. The Morgan fingerprint density at radius 2 is 2.18 bits per heavy atom. The number of ether oxygens (including phenoxy) is 1. The van der Waals surface area contributed by atoms with Crippen LogP contribution in [0.5, 0.6) is 0 Å². The van der Waals surface area contributed by atoms with E-state index in [1.807, 2.05) is 11.3 Å². The van der Waals surface area contributed by atoms with Crippen molar-refractivity contribution in [2.75, 3.05) is 26.2 Å². The first-order chi connectivity index (χ1) is 8.40. The first-order valence-corrected chi connectivity index (χ1v) is 7.39. The number of fused-ring (bicyclic) bond motifs is 2. The van der Waals surface area contributed by atoms with E-state index < -0.39 is 0 Å². The number of morpholine rings is 1. The van der Waals surface area contributed by atoms with Crippen LogP contribution >= 0.6 is 11.3 Å². The summed E-state index contributed by atoms with van der Waals surface area (Å²) in [5, 5.41) is 5.65. The Hall–Kier alpha value is -0.420. The van der Waals surface area contributed by atoms with Crippen molar-refractivity contribution in [3.05, 3.63) is 22.4 Å². The highest BCUT2D eigenvalue weighted by Crippen LogP contribution is 2.25. The van der Waals surface area contributed by atoms with Gasteiger partial charge in [0, 0.05) is 37.6 Å². The Bertz CT molecular complexity index is 329. The lowest BCUT2D eigenvalue weighted by atomic mass is 10.2. The summed E-state index contributed by atoms with van der Waals surface area (Å²) in [5.74, 6) is 0. The summed E-state index contributed by atoms with van der Waals surface area (Å²) in [6.45, 7) is 5.52. The van der Waals surface area contributed by atoms with Crippen LogP contribution in [0.2, 0.25) is 0 Å². The average Bonchev–Trinajstić information content (AvgIpc) is 2.95. The maximum atomic E-state index is 5.83. The van der Waals surface area contributed by atoms with Gasteiger partial charge in [-0.25, -0.2) is 0 Å². The molecule has 2 bridgehead atoms. The van der Waals surface area contributed by atoms with Crippen molar-refractivity contribution in [1.29, 1.82) is 0 Å². The summed E-state index contributed by atoms with van der Waals surface area (Å²) in [7, 11) is 0. The summed E-state index contributed by atoms with van der Waals surface area (Å²) >= 11 is 1.82. The second kappa shape index (κ2) is 5.48. The van der Waals surface area contributed by atoms with Gasteiger partial charge in [-0.3, -0.25) is 4.90 Å². The lowest BCUT2D eigenvalue weighted by molar-refractivity contribution is -0.0376. The molecule has 0 aromatic carbocycles. The number of rotatable bonds is 5. The van der Waals surface area contributed by atoms with Gasteiger partial charge in [-0.2, -0.15) is 0 Å². The normalized spacial score (nSPS) is 28.7. The van der Waals surface area contributed by atoms with Crippen LogP contribution in [0.15, 0.2) is 17.5 Å². The van der Waals surface area contributed by atoms with Gasteiger partial charge in [0.15, 0.2) is 0 Å². The summed E-state index contributed by atoms with van der Waals surface area (Å²) in [5.41, 5.74) is 0. The van der Waals surface area contributed by atoms with Crippen LogP contribution in [0.1, 0.15) is 17.7 Å². The second-order valence-corrected chi connectivity index (χ2v) is 6.01. The first-order valence-electron chi connectivity index (χ1n) is 6.51. The van der Waals surface area contributed by atoms with E-state index in [4.69, 9.17) is 4.74 Å². The molecule has 2 aliphatic rings. The Labute approximate surface area is 107 Å². The Balaban J connectivity index is 1.34. The minimum Gasteiger partial charge on any atom is -0.372 e. The zero-order valence-electron chi connectivity index (χ0n) is 10.1. The van der Waals surface area contributed by atoms with Gasteiger partial charge < -0.3 is 10.1 Å². The van der Waals surface area contributed by atoms with Crippen LogP contribution in [-0.4, -0.2) is 43.3 Å². The van der Waals surface area contributed by atoms with Crippen molar-refractivity contribution < 1.29 is 4.74 Å². The Morgan fingerprint density at radius 1 is 1.35 bits per heavy atom. The predicted octanol–water partition coefficient (Wildman–Crippen LogP) is 1.70. The molecule has 1 aromatic rings. The van der Waals surface area contributed by atoms with Crippen LogP contribution in [0.25, 0.3) is 0 Å². The molecule has 2 atom stereocenters. The number of thiophene rings is 1. The van der Waals surface area contributed by atoms with E-state index in [0.29, 0.717) is 12.2 Å². The molecule has 0 saturated carbocycles. The largest absolute Gasteiger partial charge is 0.372 e. The van der Waals surface area contributed by atoms with Crippen LogP contribution in [-0.2, 0) is 11.3 Å². The van der Waals surface area contributed by atoms with Gasteiger partial charge in [0.1, 0.15) is 0 Å². The lowest BCUT2D eigenvalue weighted by Crippen LogP contribution is -2.45. The van der Waals surface area contributed by atoms with Crippen molar-refractivity contribution in [3.8, 4) is 0 Å². The Morgan fingerprint density at radius 3 is 2.88 bits per heavy atom. The van der Waals surface area contributed by atoms with Crippen LogP contribution < -0.4 is 5.32 Å². The van der Waals surface area contributed by atoms with Crippen molar-refractivity contribution in [2.24, 2.45) is 0 Å². The quantitative estimate of drug-likeness (QED) is 0.807. The number of hydrogen-bond acceptors (Lipinski definition) is 4. The SMILES string of the molecule is c1csc(CNCCN2CC3CCC(C2)O3)c1. The molecule has 0 radical (unpaired) electrons.